The fourth-order valence-electron chi connectivity index (χ4n) is 2.54. The lowest BCUT2D eigenvalue weighted by atomic mass is 9.84. The molecule has 1 fully saturated rings. The van der Waals surface area contributed by atoms with Crippen LogP contribution in [0, 0.1) is 5.41 Å². The summed E-state index contributed by atoms with van der Waals surface area (Å²) in [6, 6.07) is 5.46. The predicted molar refractivity (Wildman–Crippen MR) is 86.2 cm³/mol. The van der Waals surface area contributed by atoms with Crippen LogP contribution in [0.15, 0.2) is 23.3 Å². The van der Waals surface area contributed by atoms with Crippen LogP contribution in [0.25, 0.3) is 0 Å². The van der Waals surface area contributed by atoms with Gasteiger partial charge in [0.15, 0.2) is 11.5 Å². The number of carbonyl (C=O) groups is 1. The molecule has 1 saturated heterocycles. The highest BCUT2D eigenvalue weighted by atomic mass is 16.7. The van der Waals surface area contributed by atoms with E-state index in [0.717, 1.165) is 17.7 Å². The minimum Gasteiger partial charge on any atom is -0.454 e. The number of nitrogens with zero attached hydrogens (tertiary/aromatic N) is 1. The van der Waals surface area contributed by atoms with Crippen molar-refractivity contribution in [1.29, 1.82) is 0 Å². The molecule has 0 aliphatic carbocycles. The SMILES string of the molecule is CC(C)(C)C1CC(C(=O)N/N=C/c2ccc3c(c2)OCO3)NN1. The lowest BCUT2D eigenvalue weighted by Gasteiger charge is -2.25. The van der Waals surface area contributed by atoms with Crippen molar-refractivity contribution in [2.75, 3.05) is 6.79 Å². The number of carbonyl (C=O) groups excluding carboxylic acids is 1. The summed E-state index contributed by atoms with van der Waals surface area (Å²) < 4.78 is 10.6. The Balaban J connectivity index is 1.53. The van der Waals surface area contributed by atoms with Gasteiger partial charge in [0, 0.05) is 6.04 Å². The average molecular weight is 318 g/mol. The minimum atomic E-state index is -0.284. The van der Waals surface area contributed by atoms with Gasteiger partial charge in [0.2, 0.25) is 6.79 Å². The zero-order valence-electron chi connectivity index (χ0n) is 13.6. The highest BCUT2D eigenvalue weighted by Crippen LogP contribution is 2.32. The number of nitrogens with one attached hydrogen (secondary N) is 3. The first kappa shape index (κ1) is 15.8. The number of hydrazone groups is 1. The quantitative estimate of drug-likeness (QED) is 0.575. The molecule has 0 bridgehead atoms. The Hall–Kier alpha value is -2.12. The van der Waals surface area contributed by atoms with E-state index in [1.807, 2.05) is 18.2 Å². The molecule has 0 aromatic heterocycles. The molecule has 2 heterocycles. The zero-order valence-corrected chi connectivity index (χ0v) is 13.6. The standard InChI is InChI=1S/C16H22N4O3/c1-16(2,3)14-7-11(18-19-14)15(21)20-17-8-10-4-5-12-13(6-10)23-9-22-12/h4-6,8,11,14,18-19H,7,9H2,1-3H3,(H,20,21)/b17-8+. The Labute approximate surface area is 135 Å². The first-order chi connectivity index (χ1) is 10.9. The molecule has 2 aliphatic heterocycles. The van der Waals surface area contributed by atoms with Gasteiger partial charge in [-0.2, -0.15) is 5.10 Å². The summed E-state index contributed by atoms with van der Waals surface area (Å²) in [6.45, 7) is 6.67. The molecule has 7 nitrogen and oxygen atoms in total. The van der Waals surface area contributed by atoms with Crippen LogP contribution in [0.4, 0.5) is 0 Å². The topological polar surface area (TPSA) is 84.0 Å². The summed E-state index contributed by atoms with van der Waals surface area (Å²) in [6.07, 6.45) is 2.32. The van der Waals surface area contributed by atoms with Crippen molar-refractivity contribution in [2.45, 2.75) is 39.3 Å². The van der Waals surface area contributed by atoms with E-state index in [9.17, 15) is 4.79 Å². The maximum atomic E-state index is 12.1. The summed E-state index contributed by atoms with van der Waals surface area (Å²) >= 11 is 0. The molecule has 2 atom stereocenters. The number of benzene rings is 1. The second-order valence-electron chi connectivity index (χ2n) is 6.84. The van der Waals surface area contributed by atoms with Gasteiger partial charge in [0.05, 0.1) is 6.21 Å². The second-order valence-corrected chi connectivity index (χ2v) is 6.84. The van der Waals surface area contributed by atoms with E-state index in [0.29, 0.717) is 5.75 Å². The summed E-state index contributed by atoms with van der Waals surface area (Å²) in [4.78, 5) is 12.1. The Morgan fingerprint density at radius 2 is 2.09 bits per heavy atom. The number of hydrogen-bond acceptors (Lipinski definition) is 6. The van der Waals surface area contributed by atoms with Gasteiger partial charge in [-0.3, -0.25) is 10.2 Å². The molecule has 2 aliphatic rings. The number of fused-ring (bicyclic) bond motifs is 1. The van der Waals surface area contributed by atoms with E-state index in [2.05, 4.69) is 42.1 Å². The van der Waals surface area contributed by atoms with Crippen molar-refractivity contribution in [3.8, 4) is 11.5 Å². The summed E-state index contributed by atoms with van der Waals surface area (Å²) in [5.74, 6) is 1.26. The number of hydrazine groups is 1. The summed E-state index contributed by atoms with van der Waals surface area (Å²) in [5, 5.41) is 4.01. The van der Waals surface area contributed by atoms with Gasteiger partial charge < -0.3 is 9.47 Å². The third-order valence-electron chi connectivity index (χ3n) is 4.05. The van der Waals surface area contributed by atoms with Crippen LogP contribution in [-0.2, 0) is 4.79 Å². The highest BCUT2D eigenvalue weighted by Gasteiger charge is 2.35. The van der Waals surface area contributed by atoms with Crippen LogP contribution in [-0.4, -0.2) is 31.0 Å². The first-order valence-electron chi connectivity index (χ1n) is 7.67. The third-order valence-corrected chi connectivity index (χ3v) is 4.05. The molecule has 2 unspecified atom stereocenters. The van der Waals surface area contributed by atoms with Crippen molar-refractivity contribution in [3.63, 3.8) is 0 Å². The van der Waals surface area contributed by atoms with Gasteiger partial charge in [-0.05, 0) is 35.6 Å². The molecule has 23 heavy (non-hydrogen) atoms. The van der Waals surface area contributed by atoms with E-state index in [1.165, 1.54) is 0 Å². The van der Waals surface area contributed by atoms with Gasteiger partial charge in [-0.1, -0.05) is 20.8 Å². The van der Waals surface area contributed by atoms with Gasteiger partial charge in [0.1, 0.15) is 6.04 Å². The van der Waals surface area contributed by atoms with E-state index >= 15 is 0 Å². The monoisotopic (exact) mass is 318 g/mol. The molecular weight excluding hydrogens is 296 g/mol. The third kappa shape index (κ3) is 3.62. The number of amides is 1. The Bertz CT molecular complexity index is 624. The fourth-order valence-corrected chi connectivity index (χ4v) is 2.54. The van der Waals surface area contributed by atoms with E-state index < -0.39 is 0 Å². The molecule has 1 aromatic rings. The van der Waals surface area contributed by atoms with Crippen molar-refractivity contribution in [2.24, 2.45) is 10.5 Å². The van der Waals surface area contributed by atoms with Crippen LogP contribution >= 0.6 is 0 Å². The number of hydrogen-bond donors (Lipinski definition) is 3. The lowest BCUT2D eigenvalue weighted by molar-refractivity contribution is -0.122. The smallest absolute Gasteiger partial charge is 0.258 e. The molecule has 3 rings (SSSR count). The molecule has 0 saturated carbocycles. The van der Waals surface area contributed by atoms with Crippen molar-refractivity contribution in [3.05, 3.63) is 23.8 Å². The van der Waals surface area contributed by atoms with E-state index in [1.54, 1.807) is 6.21 Å². The van der Waals surface area contributed by atoms with Crippen LogP contribution in [0.1, 0.15) is 32.8 Å². The number of ether oxygens (including phenoxy) is 2. The van der Waals surface area contributed by atoms with Crippen LogP contribution in [0.2, 0.25) is 0 Å². The molecule has 1 aromatic carbocycles. The molecule has 3 N–H and O–H groups in total. The van der Waals surface area contributed by atoms with Crippen LogP contribution in [0.5, 0.6) is 11.5 Å². The second kappa shape index (κ2) is 6.17. The van der Waals surface area contributed by atoms with Gasteiger partial charge in [0.25, 0.3) is 5.91 Å². The molecule has 124 valence electrons. The van der Waals surface area contributed by atoms with Crippen LogP contribution < -0.4 is 25.8 Å². The molecule has 1 amide bonds. The van der Waals surface area contributed by atoms with Crippen LogP contribution in [0.3, 0.4) is 0 Å². The molecular formula is C16H22N4O3. The van der Waals surface area contributed by atoms with Crippen molar-refractivity contribution < 1.29 is 14.3 Å². The molecule has 0 radical (unpaired) electrons. The molecule has 7 heteroatoms. The van der Waals surface area contributed by atoms with Crippen molar-refractivity contribution >= 4 is 12.1 Å². The lowest BCUT2D eigenvalue weighted by Crippen LogP contribution is -2.43. The maximum Gasteiger partial charge on any atom is 0.258 e. The Kier molecular flexibility index (Phi) is 4.23. The maximum absolute atomic E-state index is 12.1. The van der Waals surface area contributed by atoms with Gasteiger partial charge in [-0.15, -0.1) is 0 Å². The summed E-state index contributed by atoms with van der Waals surface area (Å²) in [5.41, 5.74) is 9.69. The zero-order chi connectivity index (χ0) is 16.4. The van der Waals surface area contributed by atoms with E-state index in [4.69, 9.17) is 9.47 Å². The Morgan fingerprint density at radius 1 is 1.30 bits per heavy atom. The predicted octanol–water partition coefficient (Wildman–Crippen LogP) is 1.15. The van der Waals surface area contributed by atoms with E-state index in [-0.39, 0.29) is 30.2 Å². The number of rotatable bonds is 3. The normalized spacial score (nSPS) is 23.4. The molecule has 0 spiro atoms. The first-order valence-corrected chi connectivity index (χ1v) is 7.67. The average Bonchev–Trinajstić information content (AvgIpc) is 3.15. The summed E-state index contributed by atoms with van der Waals surface area (Å²) in [7, 11) is 0. The highest BCUT2D eigenvalue weighted by molar-refractivity contribution is 5.85. The minimum absolute atomic E-state index is 0.0950. The fraction of sp³-hybridized carbons (Fsp3) is 0.500. The largest absolute Gasteiger partial charge is 0.454 e. The Morgan fingerprint density at radius 3 is 2.83 bits per heavy atom. The van der Waals surface area contributed by atoms with Gasteiger partial charge in [-0.25, -0.2) is 10.9 Å². The van der Waals surface area contributed by atoms with Gasteiger partial charge >= 0.3 is 0 Å². The van der Waals surface area contributed by atoms with Crippen molar-refractivity contribution in [1.82, 2.24) is 16.3 Å².